The van der Waals surface area contributed by atoms with Gasteiger partial charge in [0.2, 0.25) is 5.91 Å². The number of alkyl halides is 2. The third-order valence-corrected chi connectivity index (χ3v) is 5.61. The molecule has 0 aliphatic carbocycles. The van der Waals surface area contributed by atoms with Crippen molar-refractivity contribution in [3.8, 4) is 0 Å². The Balaban J connectivity index is 1.81. The number of carbonyl (C=O) groups is 2. The molecule has 0 bridgehead atoms. The van der Waals surface area contributed by atoms with E-state index in [2.05, 4.69) is 10.3 Å². The molecule has 1 atom stereocenters. The molecule has 2 aliphatic heterocycles. The van der Waals surface area contributed by atoms with Crippen LogP contribution in [0.3, 0.4) is 0 Å². The van der Waals surface area contributed by atoms with E-state index in [0.717, 1.165) is 18.1 Å². The number of anilines is 1. The van der Waals surface area contributed by atoms with Crippen molar-refractivity contribution in [2.45, 2.75) is 53.1 Å². The van der Waals surface area contributed by atoms with Gasteiger partial charge in [-0.05, 0) is 25.5 Å². The molecular formula is C23H30F2N4O3. The normalized spacial score (nSPS) is 17.5. The smallest absolute Gasteiger partial charge is 0.278 e. The number of hydrogen-bond donors (Lipinski definition) is 1. The SMILES string of the molecule is CC1=C(OCC(C)(F)F)N(C)CC(C(C)N2Cc3c(ccnc3NC(=O)C(C)C)C2=O)=C1. The maximum Gasteiger partial charge on any atom is 0.278 e. The molecular weight excluding hydrogens is 418 g/mol. The molecule has 0 aromatic carbocycles. The lowest BCUT2D eigenvalue weighted by atomic mass is 10.0. The molecule has 3 heterocycles. The van der Waals surface area contributed by atoms with Crippen LogP contribution in [0.25, 0.3) is 0 Å². The molecule has 174 valence electrons. The standard InChI is InChI=1S/C23H30F2N4O3/c1-13(2)20(30)27-19-18-11-29(21(31)17(18)7-8-26-19)15(4)16-9-14(3)22(28(6)10-16)32-12-23(5,24)25/h7-9,13,15H,10-12H2,1-6H3,(H,26,27,30). The van der Waals surface area contributed by atoms with Gasteiger partial charge < -0.3 is 19.9 Å². The molecule has 0 saturated heterocycles. The molecule has 0 spiro atoms. The van der Waals surface area contributed by atoms with Gasteiger partial charge in [-0.3, -0.25) is 9.59 Å². The van der Waals surface area contributed by atoms with E-state index in [9.17, 15) is 18.4 Å². The summed E-state index contributed by atoms with van der Waals surface area (Å²) in [6.45, 7) is 8.21. The minimum absolute atomic E-state index is 0.132. The predicted molar refractivity (Wildman–Crippen MR) is 117 cm³/mol. The first-order valence-electron chi connectivity index (χ1n) is 10.6. The summed E-state index contributed by atoms with van der Waals surface area (Å²) in [4.78, 5) is 33.0. The molecule has 2 amide bonds. The fraction of sp³-hybridized carbons (Fsp3) is 0.522. The molecule has 9 heteroatoms. The Kier molecular flexibility index (Phi) is 6.57. The molecule has 0 saturated carbocycles. The summed E-state index contributed by atoms with van der Waals surface area (Å²) < 4.78 is 31.8. The first kappa shape index (κ1) is 23.7. The van der Waals surface area contributed by atoms with Crippen molar-refractivity contribution < 1.29 is 23.1 Å². The van der Waals surface area contributed by atoms with Crippen molar-refractivity contribution in [1.29, 1.82) is 0 Å². The fourth-order valence-corrected chi connectivity index (χ4v) is 3.84. The van der Waals surface area contributed by atoms with Crippen molar-refractivity contribution in [3.05, 3.63) is 46.5 Å². The molecule has 0 radical (unpaired) electrons. The Labute approximate surface area is 187 Å². The van der Waals surface area contributed by atoms with Crippen LogP contribution in [0, 0.1) is 5.92 Å². The van der Waals surface area contributed by atoms with Gasteiger partial charge in [0.1, 0.15) is 5.82 Å². The van der Waals surface area contributed by atoms with Crippen LogP contribution in [0.4, 0.5) is 14.6 Å². The quantitative estimate of drug-likeness (QED) is 0.687. The Morgan fingerprint density at radius 3 is 2.59 bits per heavy atom. The molecule has 32 heavy (non-hydrogen) atoms. The van der Waals surface area contributed by atoms with E-state index in [-0.39, 0.29) is 23.8 Å². The topological polar surface area (TPSA) is 74.8 Å². The van der Waals surface area contributed by atoms with E-state index in [1.165, 1.54) is 6.20 Å². The highest BCUT2D eigenvalue weighted by molar-refractivity contribution is 6.01. The summed E-state index contributed by atoms with van der Waals surface area (Å²) in [6, 6.07) is 1.42. The second-order valence-corrected chi connectivity index (χ2v) is 8.86. The molecule has 2 aliphatic rings. The van der Waals surface area contributed by atoms with Crippen molar-refractivity contribution in [2.24, 2.45) is 5.92 Å². The van der Waals surface area contributed by atoms with Gasteiger partial charge in [-0.2, -0.15) is 0 Å². The predicted octanol–water partition coefficient (Wildman–Crippen LogP) is 3.80. The van der Waals surface area contributed by atoms with Crippen LogP contribution in [0.1, 0.15) is 50.5 Å². The van der Waals surface area contributed by atoms with Crippen LogP contribution < -0.4 is 5.32 Å². The molecule has 1 aromatic rings. The van der Waals surface area contributed by atoms with Gasteiger partial charge >= 0.3 is 0 Å². The number of amides is 2. The highest BCUT2D eigenvalue weighted by Crippen LogP contribution is 2.33. The Bertz CT molecular complexity index is 982. The number of nitrogens with one attached hydrogen (secondary N) is 1. The Morgan fingerprint density at radius 1 is 1.31 bits per heavy atom. The summed E-state index contributed by atoms with van der Waals surface area (Å²) in [5, 5.41) is 2.81. The van der Waals surface area contributed by atoms with Gasteiger partial charge in [-0.25, -0.2) is 13.8 Å². The average molecular weight is 449 g/mol. The molecule has 1 aromatic heterocycles. The van der Waals surface area contributed by atoms with Crippen molar-refractivity contribution in [3.63, 3.8) is 0 Å². The number of rotatable bonds is 7. The van der Waals surface area contributed by atoms with Gasteiger partial charge in [0.25, 0.3) is 11.8 Å². The molecule has 3 rings (SSSR count). The summed E-state index contributed by atoms with van der Waals surface area (Å²) >= 11 is 0. The lowest BCUT2D eigenvalue weighted by Crippen LogP contribution is -2.39. The maximum atomic E-state index is 13.2. The number of hydrogen-bond acceptors (Lipinski definition) is 5. The zero-order valence-electron chi connectivity index (χ0n) is 19.3. The first-order chi connectivity index (χ1) is 14.9. The zero-order valence-corrected chi connectivity index (χ0v) is 19.3. The second-order valence-electron chi connectivity index (χ2n) is 8.86. The van der Waals surface area contributed by atoms with Crippen molar-refractivity contribution in [1.82, 2.24) is 14.8 Å². The minimum atomic E-state index is -2.92. The van der Waals surface area contributed by atoms with Crippen LogP contribution in [-0.2, 0) is 16.1 Å². The van der Waals surface area contributed by atoms with Crippen molar-refractivity contribution in [2.75, 3.05) is 25.5 Å². The lowest BCUT2D eigenvalue weighted by molar-refractivity contribution is -0.118. The third-order valence-electron chi connectivity index (χ3n) is 5.61. The fourth-order valence-electron chi connectivity index (χ4n) is 3.84. The number of carbonyl (C=O) groups excluding carboxylic acids is 2. The van der Waals surface area contributed by atoms with Gasteiger partial charge in [0, 0.05) is 49.3 Å². The number of nitrogens with zero attached hydrogens (tertiary/aromatic N) is 3. The van der Waals surface area contributed by atoms with E-state index in [4.69, 9.17) is 4.74 Å². The number of likely N-dealkylation sites (N-methyl/N-ethyl adjacent to an activating group) is 1. The largest absolute Gasteiger partial charge is 0.472 e. The van der Waals surface area contributed by atoms with E-state index in [0.29, 0.717) is 35.9 Å². The van der Waals surface area contributed by atoms with Crippen molar-refractivity contribution >= 4 is 17.6 Å². The van der Waals surface area contributed by atoms with Crippen LogP contribution in [0.2, 0.25) is 0 Å². The second kappa shape index (κ2) is 8.88. The van der Waals surface area contributed by atoms with Crippen LogP contribution in [0.5, 0.6) is 0 Å². The lowest BCUT2D eigenvalue weighted by Gasteiger charge is -2.34. The van der Waals surface area contributed by atoms with E-state index >= 15 is 0 Å². The zero-order chi connectivity index (χ0) is 23.8. The third kappa shape index (κ3) is 4.92. The van der Waals surface area contributed by atoms with Gasteiger partial charge in [-0.1, -0.05) is 19.9 Å². The molecule has 0 fully saturated rings. The van der Waals surface area contributed by atoms with Gasteiger partial charge in [-0.15, -0.1) is 0 Å². The molecule has 7 nitrogen and oxygen atoms in total. The highest BCUT2D eigenvalue weighted by Gasteiger charge is 2.36. The van der Waals surface area contributed by atoms with Gasteiger partial charge in [0.15, 0.2) is 12.5 Å². The number of fused-ring (bicyclic) bond motifs is 1. The minimum Gasteiger partial charge on any atom is -0.472 e. The number of halogens is 2. The summed E-state index contributed by atoms with van der Waals surface area (Å²) in [6.07, 6.45) is 3.41. The number of pyridine rings is 1. The molecule has 1 N–H and O–H groups in total. The highest BCUT2D eigenvalue weighted by atomic mass is 19.3. The monoisotopic (exact) mass is 448 g/mol. The number of aromatic nitrogens is 1. The van der Waals surface area contributed by atoms with E-state index < -0.39 is 12.5 Å². The Morgan fingerprint density at radius 2 is 2.00 bits per heavy atom. The summed E-state index contributed by atoms with van der Waals surface area (Å²) in [7, 11) is 1.77. The number of allylic oxidation sites excluding steroid dienone is 2. The number of ether oxygens (including phenoxy) is 1. The Hall–Kier alpha value is -2.97. The van der Waals surface area contributed by atoms with Crippen LogP contribution >= 0.6 is 0 Å². The van der Waals surface area contributed by atoms with E-state index in [1.807, 2.05) is 13.0 Å². The van der Waals surface area contributed by atoms with Gasteiger partial charge in [0.05, 0.1) is 12.6 Å². The summed E-state index contributed by atoms with van der Waals surface area (Å²) in [5.41, 5.74) is 2.91. The maximum absolute atomic E-state index is 13.2. The van der Waals surface area contributed by atoms with E-state index in [1.54, 1.807) is 43.7 Å². The average Bonchev–Trinajstić information content (AvgIpc) is 3.03. The molecule has 1 unspecified atom stereocenters. The summed E-state index contributed by atoms with van der Waals surface area (Å²) in [5.74, 6) is -2.61. The first-order valence-corrected chi connectivity index (χ1v) is 10.6. The van der Waals surface area contributed by atoms with Crippen LogP contribution in [-0.4, -0.2) is 58.8 Å². The van der Waals surface area contributed by atoms with Crippen LogP contribution in [0.15, 0.2) is 35.4 Å².